The summed E-state index contributed by atoms with van der Waals surface area (Å²) in [5.41, 5.74) is 9.98. The van der Waals surface area contributed by atoms with Gasteiger partial charge < -0.3 is 11.5 Å². The molecule has 0 spiro atoms. The Labute approximate surface area is 75.5 Å². The predicted octanol–water partition coefficient (Wildman–Crippen LogP) is 0.485. The van der Waals surface area contributed by atoms with Crippen molar-refractivity contribution in [1.29, 1.82) is 0 Å². The van der Waals surface area contributed by atoms with Crippen LogP contribution >= 0.6 is 0 Å². The lowest BCUT2D eigenvalue weighted by atomic mass is 9.93. The van der Waals surface area contributed by atoms with Gasteiger partial charge in [0.15, 0.2) is 0 Å². The molecule has 0 aliphatic carbocycles. The van der Waals surface area contributed by atoms with E-state index in [4.69, 9.17) is 11.5 Å². The second-order valence-corrected chi connectivity index (χ2v) is 3.07. The lowest BCUT2D eigenvalue weighted by molar-refractivity contribution is -0.122. The van der Waals surface area contributed by atoms with Gasteiger partial charge in [-0.15, -0.1) is 0 Å². The van der Waals surface area contributed by atoms with E-state index in [2.05, 4.69) is 0 Å². The molecule has 0 saturated heterocycles. The van der Waals surface area contributed by atoms with Crippen LogP contribution in [0.2, 0.25) is 0 Å². The molecule has 70 valence electrons. The summed E-state index contributed by atoms with van der Waals surface area (Å²) >= 11 is 0. The van der Waals surface area contributed by atoms with Gasteiger partial charge in [-0.1, -0.05) is 12.1 Å². The zero-order valence-corrected chi connectivity index (χ0v) is 7.25. The number of halogens is 1. The van der Waals surface area contributed by atoms with Crippen molar-refractivity contribution in [3.05, 3.63) is 35.6 Å². The first kappa shape index (κ1) is 9.67. The maximum absolute atomic E-state index is 12.5. The summed E-state index contributed by atoms with van der Waals surface area (Å²) in [6.45, 7) is 1.49. The monoisotopic (exact) mass is 182 g/mol. The summed E-state index contributed by atoms with van der Waals surface area (Å²) in [4.78, 5) is 10.9. The second kappa shape index (κ2) is 3.14. The summed E-state index contributed by atoms with van der Waals surface area (Å²) in [6, 6.07) is 5.37. The third-order valence-corrected chi connectivity index (χ3v) is 1.96. The van der Waals surface area contributed by atoms with Gasteiger partial charge in [-0.25, -0.2) is 4.39 Å². The number of primary amides is 1. The number of benzene rings is 1. The fraction of sp³-hybridized carbons (Fsp3) is 0.222. The van der Waals surface area contributed by atoms with Crippen LogP contribution in [0.1, 0.15) is 12.5 Å². The van der Waals surface area contributed by atoms with Crippen molar-refractivity contribution in [2.75, 3.05) is 0 Å². The topological polar surface area (TPSA) is 69.1 Å². The lowest BCUT2D eigenvalue weighted by Gasteiger charge is -2.20. The minimum absolute atomic E-state index is 0.371. The molecule has 13 heavy (non-hydrogen) atoms. The van der Waals surface area contributed by atoms with Crippen molar-refractivity contribution in [3.8, 4) is 0 Å². The molecule has 0 radical (unpaired) electrons. The Morgan fingerprint density at radius 1 is 1.38 bits per heavy atom. The van der Waals surface area contributed by atoms with E-state index in [-0.39, 0.29) is 5.82 Å². The molecule has 4 N–H and O–H groups in total. The number of nitrogens with two attached hydrogens (primary N) is 2. The van der Waals surface area contributed by atoms with E-state index in [9.17, 15) is 9.18 Å². The van der Waals surface area contributed by atoms with Gasteiger partial charge >= 0.3 is 0 Å². The Morgan fingerprint density at radius 2 is 1.85 bits per heavy atom. The summed E-state index contributed by atoms with van der Waals surface area (Å²) in [7, 11) is 0. The first-order valence-electron chi connectivity index (χ1n) is 3.79. The smallest absolute Gasteiger partial charge is 0.241 e. The van der Waals surface area contributed by atoms with Crippen LogP contribution in [0.15, 0.2) is 24.3 Å². The first-order chi connectivity index (χ1) is 5.94. The molecule has 0 aliphatic heterocycles. The average Bonchev–Trinajstić information content (AvgIpc) is 2.04. The molecule has 0 aromatic heterocycles. The second-order valence-electron chi connectivity index (χ2n) is 3.07. The highest BCUT2D eigenvalue weighted by atomic mass is 19.1. The van der Waals surface area contributed by atoms with Crippen molar-refractivity contribution < 1.29 is 9.18 Å². The molecule has 4 heteroatoms. The Morgan fingerprint density at radius 3 is 2.23 bits per heavy atom. The van der Waals surface area contributed by atoms with E-state index >= 15 is 0 Å². The zero-order chi connectivity index (χ0) is 10.1. The zero-order valence-electron chi connectivity index (χ0n) is 7.25. The highest BCUT2D eigenvalue weighted by Crippen LogP contribution is 2.17. The standard InChI is InChI=1S/C9H11FN2O/c1-9(12,8(11)13)6-2-4-7(10)5-3-6/h2-5H,12H2,1H3,(H2,11,13). The molecule has 1 unspecified atom stereocenters. The molecule has 0 heterocycles. The van der Waals surface area contributed by atoms with Gasteiger partial charge in [-0.05, 0) is 24.6 Å². The van der Waals surface area contributed by atoms with Gasteiger partial charge in [0.2, 0.25) is 5.91 Å². The van der Waals surface area contributed by atoms with E-state index in [1.165, 1.54) is 31.2 Å². The molecule has 0 aliphatic rings. The highest BCUT2D eigenvalue weighted by molar-refractivity contribution is 5.85. The summed E-state index contributed by atoms with van der Waals surface area (Å²) < 4.78 is 12.5. The summed E-state index contributed by atoms with van der Waals surface area (Å²) in [6.07, 6.45) is 0. The molecule has 0 fully saturated rings. The highest BCUT2D eigenvalue weighted by Gasteiger charge is 2.27. The van der Waals surface area contributed by atoms with Crippen molar-refractivity contribution in [2.45, 2.75) is 12.5 Å². The van der Waals surface area contributed by atoms with Crippen LogP contribution in [-0.4, -0.2) is 5.91 Å². The number of carbonyl (C=O) groups excluding carboxylic acids is 1. The maximum Gasteiger partial charge on any atom is 0.241 e. The number of carbonyl (C=O) groups is 1. The van der Waals surface area contributed by atoms with E-state index in [0.717, 1.165) is 0 Å². The van der Waals surface area contributed by atoms with Crippen LogP contribution in [0, 0.1) is 5.82 Å². The Bertz CT molecular complexity index is 319. The largest absolute Gasteiger partial charge is 0.368 e. The molecule has 1 amide bonds. The van der Waals surface area contributed by atoms with Crippen LogP contribution in [0.3, 0.4) is 0 Å². The van der Waals surface area contributed by atoms with E-state index in [1.54, 1.807) is 0 Å². The fourth-order valence-electron chi connectivity index (χ4n) is 0.938. The Kier molecular flexibility index (Phi) is 2.34. The molecular formula is C9H11FN2O. The van der Waals surface area contributed by atoms with Gasteiger partial charge in [0.1, 0.15) is 11.4 Å². The molecule has 1 atom stereocenters. The van der Waals surface area contributed by atoms with E-state index in [0.29, 0.717) is 5.56 Å². The average molecular weight is 182 g/mol. The van der Waals surface area contributed by atoms with Gasteiger partial charge in [0.05, 0.1) is 0 Å². The Hall–Kier alpha value is -1.42. The molecule has 1 aromatic carbocycles. The molecule has 1 aromatic rings. The Balaban J connectivity index is 3.08. The molecular weight excluding hydrogens is 171 g/mol. The summed E-state index contributed by atoms with van der Waals surface area (Å²) in [5, 5.41) is 0. The number of rotatable bonds is 2. The maximum atomic E-state index is 12.5. The van der Waals surface area contributed by atoms with Crippen LogP contribution in [0.5, 0.6) is 0 Å². The van der Waals surface area contributed by atoms with Gasteiger partial charge in [0.25, 0.3) is 0 Å². The predicted molar refractivity (Wildman–Crippen MR) is 47.1 cm³/mol. The van der Waals surface area contributed by atoms with Gasteiger partial charge in [0, 0.05) is 0 Å². The van der Waals surface area contributed by atoms with Crippen LogP contribution in [0.25, 0.3) is 0 Å². The SMILES string of the molecule is CC(N)(C(N)=O)c1ccc(F)cc1. The third kappa shape index (κ3) is 1.84. The van der Waals surface area contributed by atoms with E-state index < -0.39 is 11.4 Å². The minimum atomic E-state index is -1.24. The number of hydrogen-bond acceptors (Lipinski definition) is 2. The van der Waals surface area contributed by atoms with Crippen molar-refractivity contribution in [3.63, 3.8) is 0 Å². The third-order valence-electron chi connectivity index (χ3n) is 1.96. The fourth-order valence-corrected chi connectivity index (χ4v) is 0.938. The van der Waals surface area contributed by atoms with Crippen molar-refractivity contribution in [2.24, 2.45) is 11.5 Å². The molecule has 0 saturated carbocycles. The minimum Gasteiger partial charge on any atom is -0.368 e. The van der Waals surface area contributed by atoms with Gasteiger partial charge in [-0.3, -0.25) is 4.79 Å². The normalized spacial score (nSPS) is 15.0. The molecule has 0 bridgehead atoms. The molecule has 1 rings (SSSR count). The number of amides is 1. The lowest BCUT2D eigenvalue weighted by Crippen LogP contribution is -2.46. The van der Waals surface area contributed by atoms with Crippen molar-refractivity contribution >= 4 is 5.91 Å². The van der Waals surface area contributed by atoms with Crippen LogP contribution < -0.4 is 11.5 Å². The van der Waals surface area contributed by atoms with Crippen LogP contribution in [-0.2, 0) is 10.3 Å². The molecule has 3 nitrogen and oxygen atoms in total. The summed E-state index contributed by atoms with van der Waals surface area (Å²) in [5.74, 6) is -1.01. The number of hydrogen-bond donors (Lipinski definition) is 2. The quantitative estimate of drug-likeness (QED) is 0.698. The van der Waals surface area contributed by atoms with Crippen molar-refractivity contribution in [1.82, 2.24) is 0 Å². The van der Waals surface area contributed by atoms with E-state index in [1.807, 2.05) is 0 Å². The van der Waals surface area contributed by atoms with Gasteiger partial charge in [-0.2, -0.15) is 0 Å². The van der Waals surface area contributed by atoms with Crippen LogP contribution in [0.4, 0.5) is 4.39 Å². The first-order valence-corrected chi connectivity index (χ1v) is 3.79.